The van der Waals surface area contributed by atoms with E-state index in [4.69, 9.17) is 4.42 Å². The van der Waals surface area contributed by atoms with Gasteiger partial charge in [-0.25, -0.2) is 0 Å². The molecule has 8 heteroatoms. The van der Waals surface area contributed by atoms with E-state index in [2.05, 4.69) is 41.2 Å². The van der Waals surface area contributed by atoms with Crippen LogP contribution in [0, 0.1) is 0 Å². The summed E-state index contributed by atoms with van der Waals surface area (Å²) in [5, 5.41) is 12.0. The van der Waals surface area contributed by atoms with Crippen molar-refractivity contribution in [2.24, 2.45) is 0 Å². The molecule has 3 aromatic rings. The number of benzene rings is 1. The van der Waals surface area contributed by atoms with Gasteiger partial charge in [0.05, 0.1) is 12.0 Å². The highest BCUT2D eigenvalue weighted by atomic mass is 32.2. The standard InChI is InChI=1S/C21H27N5O2S/c1-5-25(15(3)4)17-11-9-16(10-12-17)22-19(27)14-29-21-24-23-20(26(21)6-2)18-8-7-13-28-18/h7-13,15H,5-6,14H2,1-4H3,(H,22,27). The molecule has 0 atom stereocenters. The van der Waals surface area contributed by atoms with Crippen LogP contribution in [0.3, 0.4) is 0 Å². The smallest absolute Gasteiger partial charge is 0.234 e. The first kappa shape index (κ1) is 21.0. The normalized spacial score (nSPS) is 11.1. The minimum Gasteiger partial charge on any atom is -0.461 e. The summed E-state index contributed by atoms with van der Waals surface area (Å²) in [6.07, 6.45) is 1.61. The van der Waals surface area contributed by atoms with Crippen molar-refractivity contribution in [2.45, 2.75) is 45.4 Å². The van der Waals surface area contributed by atoms with Crippen LogP contribution in [-0.4, -0.2) is 39.0 Å². The van der Waals surface area contributed by atoms with E-state index in [0.29, 0.717) is 29.3 Å². The molecule has 1 aromatic carbocycles. The Morgan fingerprint density at radius 2 is 1.97 bits per heavy atom. The highest BCUT2D eigenvalue weighted by Gasteiger charge is 2.16. The van der Waals surface area contributed by atoms with Gasteiger partial charge in [-0.05, 0) is 64.1 Å². The van der Waals surface area contributed by atoms with Gasteiger partial charge in [-0.3, -0.25) is 9.36 Å². The quantitative estimate of drug-likeness (QED) is 0.520. The topological polar surface area (TPSA) is 76.2 Å². The molecule has 1 amide bonds. The van der Waals surface area contributed by atoms with Gasteiger partial charge in [0.1, 0.15) is 0 Å². The zero-order chi connectivity index (χ0) is 20.8. The summed E-state index contributed by atoms with van der Waals surface area (Å²) in [4.78, 5) is 14.7. The number of thioether (sulfide) groups is 1. The Morgan fingerprint density at radius 3 is 2.55 bits per heavy atom. The van der Waals surface area contributed by atoms with Crippen LogP contribution < -0.4 is 10.2 Å². The van der Waals surface area contributed by atoms with Crippen LogP contribution in [0.1, 0.15) is 27.7 Å². The Labute approximate surface area is 175 Å². The van der Waals surface area contributed by atoms with E-state index in [0.717, 1.165) is 17.9 Å². The van der Waals surface area contributed by atoms with E-state index >= 15 is 0 Å². The first-order chi connectivity index (χ1) is 14.0. The lowest BCUT2D eigenvalue weighted by Gasteiger charge is -2.27. The summed E-state index contributed by atoms with van der Waals surface area (Å²) >= 11 is 1.36. The van der Waals surface area contributed by atoms with Gasteiger partial charge < -0.3 is 14.6 Å². The number of carbonyl (C=O) groups is 1. The van der Waals surface area contributed by atoms with Crippen molar-refractivity contribution in [1.29, 1.82) is 0 Å². The number of anilines is 2. The number of rotatable bonds is 9. The van der Waals surface area contributed by atoms with E-state index in [-0.39, 0.29) is 11.7 Å². The van der Waals surface area contributed by atoms with Gasteiger partial charge in [-0.2, -0.15) is 0 Å². The summed E-state index contributed by atoms with van der Waals surface area (Å²) < 4.78 is 7.36. The SMILES string of the molecule is CCN(c1ccc(NC(=O)CSc2nnc(-c3ccco3)n2CC)cc1)C(C)C. The second-order valence-corrected chi connectivity index (χ2v) is 7.73. The Hall–Kier alpha value is -2.74. The second kappa shape index (κ2) is 9.65. The number of nitrogens with zero attached hydrogens (tertiary/aromatic N) is 4. The molecular weight excluding hydrogens is 386 g/mol. The predicted octanol–water partition coefficient (Wildman–Crippen LogP) is 4.52. The summed E-state index contributed by atoms with van der Waals surface area (Å²) in [6, 6.07) is 12.0. The number of carbonyl (C=O) groups excluding carboxylic acids is 1. The third kappa shape index (κ3) is 5.00. The fraction of sp³-hybridized carbons (Fsp3) is 0.381. The summed E-state index contributed by atoms with van der Waals surface area (Å²) in [7, 11) is 0. The Morgan fingerprint density at radius 1 is 1.21 bits per heavy atom. The number of furan rings is 1. The zero-order valence-electron chi connectivity index (χ0n) is 17.3. The molecule has 0 aliphatic carbocycles. The van der Waals surface area contributed by atoms with Crippen LogP contribution in [-0.2, 0) is 11.3 Å². The molecule has 2 aromatic heterocycles. The molecule has 0 aliphatic heterocycles. The summed E-state index contributed by atoms with van der Waals surface area (Å²) in [6.45, 7) is 10.1. The lowest BCUT2D eigenvalue weighted by molar-refractivity contribution is -0.113. The Kier molecular flexibility index (Phi) is 6.98. The molecule has 3 rings (SSSR count). The first-order valence-electron chi connectivity index (χ1n) is 9.79. The maximum absolute atomic E-state index is 12.4. The van der Waals surface area contributed by atoms with Gasteiger partial charge in [0.15, 0.2) is 16.7 Å². The van der Waals surface area contributed by atoms with E-state index < -0.39 is 0 Å². The molecule has 0 fully saturated rings. The largest absolute Gasteiger partial charge is 0.461 e. The number of hydrogen-bond acceptors (Lipinski definition) is 6. The molecular formula is C21H27N5O2S. The molecule has 0 bridgehead atoms. The van der Waals surface area contributed by atoms with Gasteiger partial charge in [-0.1, -0.05) is 11.8 Å². The molecule has 0 aliphatic rings. The Bertz CT molecular complexity index is 919. The third-order valence-electron chi connectivity index (χ3n) is 4.55. The molecule has 0 spiro atoms. The van der Waals surface area contributed by atoms with Crippen molar-refractivity contribution in [2.75, 3.05) is 22.5 Å². The van der Waals surface area contributed by atoms with E-state index in [1.54, 1.807) is 6.26 Å². The molecule has 29 heavy (non-hydrogen) atoms. The minimum atomic E-state index is -0.0795. The highest BCUT2D eigenvalue weighted by Crippen LogP contribution is 2.25. The average molecular weight is 414 g/mol. The van der Waals surface area contributed by atoms with Crippen LogP contribution in [0.5, 0.6) is 0 Å². The van der Waals surface area contributed by atoms with Crippen LogP contribution in [0.2, 0.25) is 0 Å². The van der Waals surface area contributed by atoms with Crippen molar-refractivity contribution >= 4 is 29.0 Å². The number of nitrogens with one attached hydrogen (secondary N) is 1. The van der Waals surface area contributed by atoms with E-state index in [1.807, 2.05) is 47.9 Å². The van der Waals surface area contributed by atoms with Crippen molar-refractivity contribution < 1.29 is 9.21 Å². The average Bonchev–Trinajstić information content (AvgIpc) is 3.37. The minimum absolute atomic E-state index is 0.0795. The van der Waals surface area contributed by atoms with Gasteiger partial charge in [0.2, 0.25) is 5.91 Å². The lowest BCUT2D eigenvalue weighted by atomic mass is 10.2. The number of amides is 1. The number of hydrogen-bond donors (Lipinski definition) is 1. The van der Waals surface area contributed by atoms with Crippen LogP contribution in [0.4, 0.5) is 11.4 Å². The lowest BCUT2D eigenvalue weighted by Crippen LogP contribution is -2.30. The summed E-state index contributed by atoms with van der Waals surface area (Å²) in [5.41, 5.74) is 1.93. The van der Waals surface area contributed by atoms with Gasteiger partial charge in [0, 0.05) is 30.5 Å². The highest BCUT2D eigenvalue weighted by molar-refractivity contribution is 7.99. The van der Waals surface area contributed by atoms with Crippen LogP contribution >= 0.6 is 11.8 Å². The number of aromatic nitrogens is 3. The van der Waals surface area contributed by atoms with E-state index in [9.17, 15) is 4.79 Å². The first-order valence-corrected chi connectivity index (χ1v) is 10.8. The van der Waals surface area contributed by atoms with Crippen molar-refractivity contribution in [1.82, 2.24) is 14.8 Å². The second-order valence-electron chi connectivity index (χ2n) is 6.79. The summed E-state index contributed by atoms with van der Waals surface area (Å²) in [5.74, 6) is 1.51. The zero-order valence-corrected chi connectivity index (χ0v) is 18.1. The third-order valence-corrected chi connectivity index (χ3v) is 5.52. The van der Waals surface area contributed by atoms with E-state index in [1.165, 1.54) is 11.8 Å². The molecule has 1 N–H and O–H groups in total. The molecule has 0 saturated carbocycles. The van der Waals surface area contributed by atoms with Gasteiger partial charge in [-0.15, -0.1) is 10.2 Å². The molecule has 7 nitrogen and oxygen atoms in total. The van der Waals surface area contributed by atoms with Gasteiger partial charge >= 0.3 is 0 Å². The maximum Gasteiger partial charge on any atom is 0.234 e. The van der Waals surface area contributed by atoms with Crippen LogP contribution in [0.15, 0.2) is 52.2 Å². The molecule has 154 valence electrons. The Balaban J connectivity index is 1.59. The molecule has 2 heterocycles. The van der Waals surface area contributed by atoms with Crippen molar-refractivity contribution in [3.05, 3.63) is 42.7 Å². The monoisotopic (exact) mass is 413 g/mol. The molecule has 0 radical (unpaired) electrons. The van der Waals surface area contributed by atoms with Crippen molar-refractivity contribution in [3.63, 3.8) is 0 Å². The van der Waals surface area contributed by atoms with Crippen LogP contribution in [0.25, 0.3) is 11.6 Å². The van der Waals surface area contributed by atoms with Crippen molar-refractivity contribution in [3.8, 4) is 11.6 Å². The fourth-order valence-electron chi connectivity index (χ4n) is 3.18. The predicted molar refractivity (Wildman–Crippen MR) is 117 cm³/mol. The fourth-order valence-corrected chi connectivity index (χ4v) is 3.98. The van der Waals surface area contributed by atoms with Gasteiger partial charge in [0.25, 0.3) is 0 Å². The molecule has 0 unspecified atom stereocenters. The molecule has 0 saturated heterocycles. The maximum atomic E-state index is 12.4.